The number of rotatable bonds is 1. The van der Waals surface area contributed by atoms with Gasteiger partial charge in [0, 0.05) is 12.6 Å². The molecular formula is C12H15NO2. The lowest BCUT2D eigenvalue weighted by atomic mass is 10.00. The smallest absolute Gasteiger partial charge is 0.410 e. The summed E-state index contributed by atoms with van der Waals surface area (Å²) < 4.78 is 5.17. The molecule has 80 valence electrons. The zero-order valence-electron chi connectivity index (χ0n) is 9.28. The number of hydrogen-bond acceptors (Lipinski definition) is 2. The molecule has 1 amide bonds. The molecule has 0 unspecified atom stereocenters. The topological polar surface area (TPSA) is 29.5 Å². The fraction of sp³-hybridized carbons (Fsp3) is 0.417. The van der Waals surface area contributed by atoms with Gasteiger partial charge in [-0.25, -0.2) is 4.79 Å². The standard InChI is InChI=1S/C12H15NO2/c1-8(2)9-4-5-11-10(6-9)7-13(3)12(14)15-11/h4-6,8H,7H2,1-3H3. The molecule has 0 saturated carbocycles. The van der Waals surface area contributed by atoms with Crippen LogP contribution in [0.15, 0.2) is 18.2 Å². The fourth-order valence-corrected chi connectivity index (χ4v) is 1.67. The van der Waals surface area contributed by atoms with Gasteiger partial charge in [0.25, 0.3) is 0 Å². The Balaban J connectivity index is 2.37. The Morgan fingerprint density at radius 2 is 2.13 bits per heavy atom. The molecule has 3 heteroatoms. The average Bonchev–Trinajstić information content (AvgIpc) is 2.19. The number of carbonyl (C=O) groups excluding carboxylic acids is 1. The molecule has 15 heavy (non-hydrogen) atoms. The fourth-order valence-electron chi connectivity index (χ4n) is 1.67. The molecule has 0 spiro atoms. The van der Waals surface area contributed by atoms with Gasteiger partial charge < -0.3 is 9.64 Å². The predicted molar refractivity (Wildman–Crippen MR) is 58.0 cm³/mol. The van der Waals surface area contributed by atoms with E-state index < -0.39 is 0 Å². The molecule has 0 saturated heterocycles. The minimum Gasteiger partial charge on any atom is -0.410 e. The summed E-state index contributed by atoms with van der Waals surface area (Å²) in [6.07, 6.45) is -0.278. The molecular weight excluding hydrogens is 190 g/mol. The van der Waals surface area contributed by atoms with Crippen molar-refractivity contribution < 1.29 is 9.53 Å². The normalized spacial score (nSPS) is 15.2. The number of benzene rings is 1. The Labute approximate surface area is 89.7 Å². The van der Waals surface area contributed by atoms with Crippen LogP contribution < -0.4 is 4.74 Å². The number of amides is 1. The molecule has 1 aromatic carbocycles. The number of ether oxygens (including phenoxy) is 1. The van der Waals surface area contributed by atoms with Gasteiger partial charge in [0.05, 0.1) is 6.54 Å². The number of carbonyl (C=O) groups is 1. The summed E-state index contributed by atoms with van der Waals surface area (Å²) in [5.74, 6) is 1.20. The maximum absolute atomic E-state index is 11.3. The molecule has 0 bridgehead atoms. The second-order valence-corrected chi connectivity index (χ2v) is 4.25. The first-order chi connectivity index (χ1) is 7.08. The van der Waals surface area contributed by atoms with Crippen LogP contribution in [0.3, 0.4) is 0 Å². The third kappa shape index (κ3) is 1.82. The third-order valence-corrected chi connectivity index (χ3v) is 2.67. The molecule has 3 nitrogen and oxygen atoms in total. The van der Waals surface area contributed by atoms with Gasteiger partial charge in [0.2, 0.25) is 0 Å². The molecule has 0 fully saturated rings. The van der Waals surface area contributed by atoms with Crippen molar-refractivity contribution in [2.75, 3.05) is 7.05 Å². The van der Waals surface area contributed by atoms with Gasteiger partial charge >= 0.3 is 6.09 Å². The molecule has 1 aromatic rings. The first-order valence-electron chi connectivity index (χ1n) is 5.13. The largest absolute Gasteiger partial charge is 0.415 e. The van der Waals surface area contributed by atoms with E-state index in [-0.39, 0.29) is 6.09 Å². The summed E-state index contributed by atoms with van der Waals surface area (Å²) in [5, 5.41) is 0. The van der Waals surface area contributed by atoms with Crippen molar-refractivity contribution >= 4 is 6.09 Å². The Morgan fingerprint density at radius 3 is 2.80 bits per heavy atom. The van der Waals surface area contributed by atoms with E-state index in [1.165, 1.54) is 5.56 Å². The van der Waals surface area contributed by atoms with Crippen LogP contribution in [0.2, 0.25) is 0 Å². The number of nitrogens with zero attached hydrogens (tertiary/aromatic N) is 1. The van der Waals surface area contributed by atoms with Crippen LogP contribution in [0.1, 0.15) is 30.9 Å². The first kappa shape index (κ1) is 10.0. The van der Waals surface area contributed by atoms with Crippen LogP contribution in [-0.2, 0) is 6.54 Å². The van der Waals surface area contributed by atoms with Crippen LogP contribution in [0.4, 0.5) is 4.79 Å². The van der Waals surface area contributed by atoms with Crippen molar-refractivity contribution in [1.29, 1.82) is 0 Å². The second-order valence-electron chi connectivity index (χ2n) is 4.25. The van der Waals surface area contributed by atoms with E-state index in [9.17, 15) is 4.79 Å². The predicted octanol–water partition coefficient (Wildman–Crippen LogP) is 2.75. The van der Waals surface area contributed by atoms with Crippen molar-refractivity contribution in [2.24, 2.45) is 0 Å². The molecule has 0 radical (unpaired) electrons. The van der Waals surface area contributed by atoms with Crippen LogP contribution in [-0.4, -0.2) is 18.0 Å². The molecule has 0 aliphatic carbocycles. The lowest BCUT2D eigenvalue weighted by Crippen LogP contribution is -2.33. The minimum absolute atomic E-state index is 0.278. The molecule has 1 aliphatic rings. The highest BCUT2D eigenvalue weighted by atomic mass is 16.6. The summed E-state index contributed by atoms with van der Waals surface area (Å²) in [6, 6.07) is 6.01. The van der Waals surface area contributed by atoms with Gasteiger partial charge in [-0.3, -0.25) is 0 Å². The number of fused-ring (bicyclic) bond motifs is 1. The van der Waals surface area contributed by atoms with Crippen LogP contribution >= 0.6 is 0 Å². The molecule has 1 heterocycles. The Hall–Kier alpha value is -1.51. The van der Waals surface area contributed by atoms with Crippen molar-refractivity contribution in [2.45, 2.75) is 26.3 Å². The summed E-state index contributed by atoms with van der Waals surface area (Å²) >= 11 is 0. The maximum atomic E-state index is 11.3. The molecule has 0 N–H and O–H groups in total. The highest BCUT2D eigenvalue weighted by Gasteiger charge is 2.21. The zero-order chi connectivity index (χ0) is 11.0. The Kier molecular flexibility index (Phi) is 2.39. The van der Waals surface area contributed by atoms with Gasteiger partial charge in [-0.1, -0.05) is 26.0 Å². The van der Waals surface area contributed by atoms with Crippen molar-refractivity contribution in [3.05, 3.63) is 29.3 Å². The van der Waals surface area contributed by atoms with Crippen LogP contribution in [0.25, 0.3) is 0 Å². The quantitative estimate of drug-likeness (QED) is 0.705. The van der Waals surface area contributed by atoms with Crippen LogP contribution in [0.5, 0.6) is 5.75 Å². The average molecular weight is 205 g/mol. The van der Waals surface area contributed by atoms with Crippen molar-refractivity contribution in [3.63, 3.8) is 0 Å². The van der Waals surface area contributed by atoms with Gasteiger partial charge in [0.15, 0.2) is 0 Å². The van der Waals surface area contributed by atoms with Gasteiger partial charge in [-0.15, -0.1) is 0 Å². The summed E-state index contributed by atoms with van der Waals surface area (Å²) in [4.78, 5) is 12.9. The van der Waals surface area contributed by atoms with E-state index in [0.29, 0.717) is 18.2 Å². The maximum Gasteiger partial charge on any atom is 0.415 e. The van der Waals surface area contributed by atoms with Crippen molar-refractivity contribution in [1.82, 2.24) is 4.90 Å². The Morgan fingerprint density at radius 1 is 1.40 bits per heavy atom. The van der Waals surface area contributed by atoms with E-state index in [1.807, 2.05) is 12.1 Å². The first-order valence-corrected chi connectivity index (χ1v) is 5.13. The van der Waals surface area contributed by atoms with E-state index in [0.717, 1.165) is 5.56 Å². The van der Waals surface area contributed by atoms with Gasteiger partial charge in [0.1, 0.15) is 5.75 Å². The highest BCUT2D eigenvalue weighted by molar-refractivity contribution is 5.73. The zero-order valence-corrected chi connectivity index (χ0v) is 9.28. The minimum atomic E-state index is -0.278. The van der Waals surface area contributed by atoms with Gasteiger partial charge in [-0.05, 0) is 17.5 Å². The van der Waals surface area contributed by atoms with E-state index >= 15 is 0 Å². The summed E-state index contributed by atoms with van der Waals surface area (Å²) in [5.41, 5.74) is 2.36. The van der Waals surface area contributed by atoms with E-state index in [1.54, 1.807) is 11.9 Å². The lowest BCUT2D eigenvalue weighted by Gasteiger charge is -2.25. The summed E-state index contributed by atoms with van der Waals surface area (Å²) in [6.45, 7) is 4.94. The third-order valence-electron chi connectivity index (χ3n) is 2.67. The molecule has 1 aliphatic heterocycles. The van der Waals surface area contributed by atoms with Crippen molar-refractivity contribution in [3.8, 4) is 5.75 Å². The van der Waals surface area contributed by atoms with Gasteiger partial charge in [-0.2, -0.15) is 0 Å². The second kappa shape index (κ2) is 3.57. The van der Waals surface area contributed by atoms with E-state index in [2.05, 4.69) is 19.9 Å². The monoisotopic (exact) mass is 205 g/mol. The molecule has 0 aromatic heterocycles. The lowest BCUT2D eigenvalue weighted by molar-refractivity contribution is 0.150. The van der Waals surface area contributed by atoms with Crippen LogP contribution in [0, 0.1) is 0 Å². The van der Waals surface area contributed by atoms with E-state index in [4.69, 9.17) is 4.74 Å². The highest BCUT2D eigenvalue weighted by Crippen LogP contribution is 2.28. The SMILES string of the molecule is CC(C)c1ccc2c(c1)CN(C)C(=O)O2. The number of hydrogen-bond donors (Lipinski definition) is 0. The summed E-state index contributed by atoms with van der Waals surface area (Å²) in [7, 11) is 1.74. The molecule has 0 atom stereocenters. The Bertz CT molecular complexity index is 399. The molecule has 2 rings (SSSR count).